The molecule has 4 aromatic heterocycles. The van der Waals surface area contributed by atoms with Crippen molar-refractivity contribution in [1.29, 1.82) is 0 Å². The zero-order chi connectivity index (χ0) is 19.6. The van der Waals surface area contributed by atoms with Crippen molar-refractivity contribution in [2.45, 2.75) is 18.8 Å². The van der Waals surface area contributed by atoms with Gasteiger partial charge in [-0.15, -0.1) is 0 Å². The van der Waals surface area contributed by atoms with Gasteiger partial charge < -0.3 is 4.90 Å². The van der Waals surface area contributed by atoms with E-state index >= 15 is 0 Å². The highest BCUT2D eigenvalue weighted by Crippen LogP contribution is 2.27. The average molecular weight is 384 g/mol. The van der Waals surface area contributed by atoms with Gasteiger partial charge in [-0.25, -0.2) is 9.50 Å². The Morgan fingerprint density at radius 1 is 0.931 bits per heavy atom. The predicted molar refractivity (Wildman–Crippen MR) is 108 cm³/mol. The lowest BCUT2D eigenvalue weighted by Gasteiger charge is -2.31. The van der Waals surface area contributed by atoms with Gasteiger partial charge in [0, 0.05) is 61.1 Å². The largest absolute Gasteiger partial charge is 0.338 e. The van der Waals surface area contributed by atoms with Crippen LogP contribution in [-0.2, 0) is 0 Å². The second kappa shape index (κ2) is 7.43. The molecule has 0 radical (unpaired) electrons. The van der Waals surface area contributed by atoms with Gasteiger partial charge in [0.15, 0.2) is 11.5 Å². The molecule has 0 bridgehead atoms. The first kappa shape index (κ1) is 17.5. The van der Waals surface area contributed by atoms with Crippen molar-refractivity contribution in [3.05, 3.63) is 78.8 Å². The molecule has 29 heavy (non-hydrogen) atoms. The summed E-state index contributed by atoms with van der Waals surface area (Å²) in [4.78, 5) is 27.5. The smallest absolute Gasteiger partial charge is 0.253 e. The molecule has 1 aliphatic rings. The lowest BCUT2D eigenvalue weighted by atomic mass is 9.97. The van der Waals surface area contributed by atoms with Crippen molar-refractivity contribution in [3.63, 3.8) is 0 Å². The minimum absolute atomic E-state index is 0.0424. The van der Waals surface area contributed by atoms with Crippen LogP contribution in [-0.4, -0.2) is 48.5 Å². The van der Waals surface area contributed by atoms with Crippen LogP contribution >= 0.6 is 0 Å². The van der Waals surface area contributed by atoms with E-state index in [1.807, 2.05) is 39.9 Å². The highest BCUT2D eigenvalue weighted by molar-refractivity contribution is 5.94. The van der Waals surface area contributed by atoms with E-state index in [0.29, 0.717) is 12.1 Å². The summed E-state index contributed by atoms with van der Waals surface area (Å²) in [6.07, 6.45) is 10.8. The molecule has 0 spiro atoms. The number of rotatable bonds is 3. The van der Waals surface area contributed by atoms with Crippen molar-refractivity contribution in [2.24, 2.45) is 0 Å². The predicted octanol–water partition coefficient (Wildman–Crippen LogP) is 3.21. The molecule has 0 aliphatic carbocycles. The molecule has 1 fully saturated rings. The lowest BCUT2D eigenvalue weighted by Crippen LogP contribution is -2.39. The first-order valence-corrected chi connectivity index (χ1v) is 9.74. The Bertz CT molecular complexity index is 1140. The highest BCUT2D eigenvalue weighted by Gasteiger charge is 2.28. The SMILES string of the molecule is O=C(c1ccncc1)N1CCC[C@H](c2nc3ccc(-c4ccncc4)cn3n2)C1. The molecule has 1 aliphatic heterocycles. The molecular weight excluding hydrogens is 364 g/mol. The van der Waals surface area contributed by atoms with Crippen LogP contribution in [0.25, 0.3) is 16.8 Å². The van der Waals surface area contributed by atoms with Gasteiger partial charge in [-0.3, -0.25) is 14.8 Å². The van der Waals surface area contributed by atoms with Crippen LogP contribution in [0.5, 0.6) is 0 Å². The summed E-state index contributed by atoms with van der Waals surface area (Å²) in [6, 6.07) is 11.5. The van der Waals surface area contributed by atoms with E-state index in [2.05, 4.69) is 9.97 Å². The number of likely N-dealkylation sites (tertiary alicyclic amines) is 1. The van der Waals surface area contributed by atoms with Gasteiger partial charge in [0.2, 0.25) is 0 Å². The quantitative estimate of drug-likeness (QED) is 0.542. The van der Waals surface area contributed by atoms with Gasteiger partial charge in [0.25, 0.3) is 5.91 Å². The van der Waals surface area contributed by atoms with Crippen molar-refractivity contribution >= 4 is 11.6 Å². The molecule has 0 aromatic carbocycles. The van der Waals surface area contributed by atoms with Gasteiger partial charge in [-0.2, -0.15) is 5.10 Å². The Balaban J connectivity index is 1.39. The van der Waals surface area contributed by atoms with E-state index in [-0.39, 0.29) is 11.8 Å². The standard InChI is InChI=1S/C22H20N6O/c29-22(17-7-11-24-12-8-17)27-13-1-2-19(14-27)21-25-20-4-3-18(15-28(20)26-21)16-5-9-23-10-6-16/h3-12,15,19H,1-2,13-14H2/t19-/m0/s1. The third-order valence-corrected chi connectivity index (χ3v) is 5.36. The van der Waals surface area contributed by atoms with E-state index in [1.54, 1.807) is 36.9 Å². The third kappa shape index (κ3) is 3.47. The summed E-state index contributed by atoms with van der Waals surface area (Å²) in [5.74, 6) is 0.976. The van der Waals surface area contributed by atoms with Gasteiger partial charge >= 0.3 is 0 Å². The average Bonchev–Trinajstić information content (AvgIpc) is 3.23. The second-order valence-electron chi connectivity index (χ2n) is 7.25. The summed E-state index contributed by atoms with van der Waals surface area (Å²) in [7, 11) is 0. The zero-order valence-corrected chi connectivity index (χ0v) is 15.8. The Hall–Kier alpha value is -3.61. The molecule has 0 unspecified atom stereocenters. The maximum Gasteiger partial charge on any atom is 0.253 e. The molecule has 5 rings (SSSR count). The summed E-state index contributed by atoms with van der Waals surface area (Å²) >= 11 is 0. The Kier molecular flexibility index (Phi) is 4.48. The summed E-state index contributed by atoms with van der Waals surface area (Å²) < 4.78 is 1.83. The molecule has 1 amide bonds. The number of amides is 1. The molecule has 5 heterocycles. The van der Waals surface area contributed by atoms with E-state index in [1.165, 1.54) is 0 Å². The number of carbonyl (C=O) groups is 1. The van der Waals surface area contributed by atoms with E-state index < -0.39 is 0 Å². The molecule has 1 saturated heterocycles. The second-order valence-corrected chi connectivity index (χ2v) is 7.25. The van der Waals surface area contributed by atoms with Crippen LogP contribution in [0.1, 0.15) is 34.9 Å². The number of hydrogen-bond acceptors (Lipinski definition) is 5. The zero-order valence-electron chi connectivity index (χ0n) is 15.8. The van der Waals surface area contributed by atoms with Crippen LogP contribution < -0.4 is 0 Å². The number of fused-ring (bicyclic) bond motifs is 1. The molecule has 0 saturated carbocycles. The summed E-state index contributed by atoms with van der Waals surface area (Å²) in [6.45, 7) is 1.40. The Labute approximate surface area is 168 Å². The molecule has 144 valence electrons. The maximum atomic E-state index is 12.8. The van der Waals surface area contributed by atoms with Gasteiger partial charge in [-0.05, 0) is 54.8 Å². The minimum atomic E-state index is 0.0424. The monoisotopic (exact) mass is 384 g/mol. The number of hydrogen-bond donors (Lipinski definition) is 0. The van der Waals surface area contributed by atoms with Gasteiger partial charge in [-0.1, -0.05) is 0 Å². The fourth-order valence-corrected chi connectivity index (χ4v) is 3.84. The van der Waals surface area contributed by atoms with Crippen LogP contribution in [0, 0.1) is 0 Å². The summed E-state index contributed by atoms with van der Waals surface area (Å²) in [5.41, 5.74) is 3.64. The van der Waals surface area contributed by atoms with Crippen molar-refractivity contribution in [2.75, 3.05) is 13.1 Å². The number of aromatic nitrogens is 5. The Morgan fingerprint density at radius 3 is 2.48 bits per heavy atom. The number of nitrogens with zero attached hydrogens (tertiary/aromatic N) is 6. The topological polar surface area (TPSA) is 76.3 Å². The molecular formula is C22H20N6O. The van der Waals surface area contributed by atoms with E-state index in [0.717, 1.165) is 42.0 Å². The maximum absolute atomic E-state index is 12.8. The number of piperidine rings is 1. The molecule has 7 heteroatoms. The number of pyridine rings is 3. The fraction of sp³-hybridized carbons (Fsp3) is 0.227. The highest BCUT2D eigenvalue weighted by atomic mass is 16.2. The number of carbonyl (C=O) groups excluding carboxylic acids is 1. The Morgan fingerprint density at radius 2 is 1.69 bits per heavy atom. The normalized spacial score (nSPS) is 16.8. The molecule has 7 nitrogen and oxygen atoms in total. The van der Waals surface area contributed by atoms with E-state index in [4.69, 9.17) is 10.1 Å². The first-order chi connectivity index (χ1) is 14.3. The van der Waals surface area contributed by atoms with E-state index in [9.17, 15) is 4.79 Å². The molecule has 4 aromatic rings. The third-order valence-electron chi connectivity index (χ3n) is 5.36. The van der Waals surface area contributed by atoms with Gasteiger partial charge in [0.05, 0.1) is 0 Å². The first-order valence-electron chi connectivity index (χ1n) is 9.74. The fourth-order valence-electron chi connectivity index (χ4n) is 3.84. The van der Waals surface area contributed by atoms with Crippen molar-refractivity contribution < 1.29 is 4.79 Å². The van der Waals surface area contributed by atoms with Crippen LogP contribution in [0.2, 0.25) is 0 Å². The molecule has 0 N–H and O–H groups in total. The summed E-state index contributed by atoms with van der Waals surface area (Å²) in [5, 5.41) is 4.73. The molecule has 1 atom stereocenters. The van der Waals surface area contributed by atoms with Crippen LogP contribution in [0.15, 0.2) is 67.4 Å². The van der Waals surface area contributed by atoms with Crippen LogP contribution in [0.4, 0.5) is 0 Å². The van der Waals surface area contributed by atoms with Crippen LogP contribution in [0.3, 0.4) is 0 Å². The van der Waals surface area contributed by atoms with Gasteiger partial charge in [0.1, 0.15) is 0 Å². The minimum Gasteiger partial charge on any atom is -0.338 e. The van der Waals surface area contributed by atoms with Crippen molar-refractivity contribution in [1.82, 2.24) is 29.5 Å². The lowest BCUT2D eigenvalue weighted by molar-refractivity contribution is 0.0704. The van der Waals surface area contributed by atoms with Crippen molar-refractivity contribution in [3.8, 4) is 11.1 Å².